The van der Waals surface area contributed by atoms with Gasteiger partial charge in [0.05, 0.1) is 0 Å². The van der Waals surface area contributed by atoms with E-state index in [9.17, 15) is 19.4 Å². The first-order valence-corrected chi connectivity index (χ1v) is 10.4. The molecule has 0 aliphatic carbocycles. The second-order valence-corrected chi connectivity index (χ2v) is 7.42. The summed E-state index contributed by atoms with van der Waals surface area (Å²) in [7, 11) is -3.37. The fraction of sp³-hybridized carbons (Fsp3) is 0.444. The van der Waals surface area contributed by atoms with Gasteiger partial charge in [0.15, 0.2) is 6.23 Å². The molecule has 2 aromatic rings. The minimum atomic E-state index is -3.37. The highest BCUT2D eigenvalue weighted by atomic mass is 31.1. The van der Waals surface area contributed by atoms with E-state index in [0.717, 1.165) is 17.4 Å². The molecule has 1 aliphatic rings. The number of ether oxygens (including phenoxy) is 2. The average molecular weight is 425 g/mol. The van der Waals surface area contributed by atoms with Crippen LogP contribution < -0.4 is 16.2 Å². The topological polar surface area (TPSA) is 146 Å². The van der Waals surface area contributed by atoms with E-state index in [2.05, 4.69) is 11.9 Å². The SMILES string of the molecule is CCCc1ccc(OC[C@H]2O[C@@H](n3ccc(N)nc3=O)[C@H](O)[C@@H]2O[PH](=O)O)cc1. The number of aromatic nitrogens is 2. The van der Waals surface area contributed by atoms with E-state index in [0.29, 0.717) is 5.75 Å². The molecule has 1 aliphatic heterocycles. The van der Waals surface area contributed by atoms with Crippen LogP contribution in [0.15, 0.2) is 41.3 Å². The van der Waals surface area contributed by atoms with Crippen LogP contribution in [0.3, 0.4) is 0 Å². The Morgan fingerprint density at radius 3 is 2.66 bits per heavy atom. The molecule has 158 valence electrons. The highest BCUT2D eigenvalue weighted by Gasteiger charge is 2.47. The zero-order valence-corrected chi connectivity index (χ0v) is 16.8. The Kier molecular flexibility index (Phi) is 7.05. The van der Waals surface area contributed by atoms with E-state index < -0.39 is 38.5 Å². The maximum atomic E-state index is 12.1. The van der Waals surface area contributed by atoms with Crippen LogP contribution >= 0.6 is 8.25 Å². The lowest BCUT2D eigenvalue weighted by Crippen LogP contribution is -2.37. The molecule has 1 saturated heterocycles. The third-order valence-corrected chi connectivity index (χ3v) is 5.02. The molecule has 5 atom stereocenters. The quantitative estimate of drug-likeness (QED) is 0.525. The van der Waals surface area contributed by atoms with Crippen LogP contribution in [0.1, 0.15) is 25.1 Å². The minimum absolute atomic E-state index is 0.0263. The van der Waals surface area contributed by atoms with Gasteiger partial charge in [-0.15, -0.1) is 0 Å². The molecule has 1 aromatic heterocycles. The summed E-state index contributed by atoms with van der Waals surface area (Å²) in [6.07, 6.45) is -1.29. The summed E-state index contributed by atoms with van der Waals surface area (Å²) in [5, 5.41) is 10.5. The molecule has 1 unspecified atom stereocenters. The highest BCUT2D eigenvalue weighted by Crippen LogP contribution is 2.35. The number of aliphatic hydroxyl groups excluding tert-OH is 1. The standard InChI is InChI=1S/C18H24N3O7P/c1-2-3-11-4-6-12(7-5-11)26-10-13-16(28-29(24)25)15(22)17(27-13)21-9-8-14(19)20-18(21)23/h4-9,13,15-17,22,29H,2-3,10H2,1H3,(H,24,25)(H2,19,20,23)/t13-,15-,16-,17-/m1/s1. The second kappa shape index (κ2) is 9.51. The van der Waals surface area contributed by atoms with Gasteiger partial charge in [-0.2, -0.15) is 4.98 Å². The molecule has 0 bridgehead atoms. The molecule has 2 heterocycles. The van der Waals surface area contributed by atoms with Crippen molar-refractivity contribution in [2.24, 2.45) is 0 Å². The lowest BCUT2D eigenvalue weighted by atomic mass is 10.1. The molecule has 0 amide bonds. The van der Waals surface area contributed by atoms with Crippen molar-refractivity contribution in [1.29, 1.82) is 0 Å². The maximum Gasteiger partial charge on any atom is 0.351 e. The number of nitrogens with zero attached hydrogens (tertiary/aromatic N) is 2. The highest BCUT2D eigenvalue weighted by molar-refractivity contribution is 7.32. The van der Waals surface area contributed by atoms with Gasteiger partial charge in [-0.05, 0) is 30.2 Å². The number of hydrogen-bond acceptors (Lipinski definition) is 8. The third-order valence-electron chi connectivity index (χ3n) is 4.55. The van der Waals surface area contributed by atoms with Crippen molar-refractivity contribution in [2.75, 3.05) is 12.3 Å². The predicted octanol–water partition coefficient (Wildman–Crippen LogP) is 0.882. The number of rotatable bonds is 8. The van der Waals surface area contributed by atoms with E-state index in [1.165, 1.54) is 17.8 Å². The normalized spacial score (nSPS) is 25.1. The fourth-order valence-corrected chi connectivity index (χ4v) is 3.71. The van der Waals surface area contributed by atoms with Gasteiger partial charge >= 0.3 is 13.9 Å². The average Bonchev–Trinajstić information content (AvgIpc) is 2.97. The molecule has 0 spiro atoms. The molecule has 11 heteroatoms. The molecule has 4 N–H and O–H groups in total. The number of hydrogen-bond donors (Lipinski definition) is 3. The number of benzene rings is 1. The summed E-state index contributed by atoms with van der Waals surface area (Å²) in [4.78, 5) is 24.9. The van der Waals surface area contributed by atoms with Crippen molar-refractivity contribution in [3.05, 3.63) is 52.6 Å². The lowest BCUT2D eigenvalue weighted by Gasteiger charge is -2.19. The summed E-state index contributed by atoms with van der Waals surface area (Å²) in [5.74, 6) is 0.603. The van der Waals surface area contributed by atoms with Crippen LogP contribution in [-0.4, -0.2) is 44.5 Å². The Morgan fingerprint density at radius 1 is 1.31 bits per heavy atom. The van der Waals surface area contributed by atoms with Gasteiger partial charge in [0, 0.05) is 6.20 Å². The molecule has 1 fully saturated rings. The summed E-state index contributed by atoms with van der Waals surface area (Å²) < 4.78 is 28.7. The monoisotopic (exact) mass is 425 g/mol. The van der Waals surface area contributed by atoms with Crippen LogP contribution in [0.4, 0.5) is 5.82 Å². The van der Waals surface area contributed by atoms with Gasteiger partial charge in [-0.25, -0.2) is 4.79 Å². The van der Waals surface area contributed by atoms with Crippen molar-refractivity contribution in [1.82, 2.24) is 9.55 Å². The largest absolute Gasteiger partial charge is 0.491 e. The van der Waals surface area contributed by atoms with Crippen molar-refractivity contribution in [2.45, 2.75) is 44.3 Å². The Bertz CT molecular complexity index is 905. The van der Waals surface area contributed by atoms with E-state index in [4.69, 9.17) is 19.7 Å². The summed E-state index contributed by atoms with van der Waals surface area (Å²) in [5.41, 5.74) is 5.94. The van der Waals surface area contributed by atoms with Gasteiger partial charge in [0.25, 0.3) is 0 Å². The predicted molar refractivity (Wildman–Crippen MR) is 105 cm³/mol. The number of nitrogens with two attached hydrogens (primary N) is 1. The van der Waals surface area contributed by atoms with Crippen molar-refractivity contribution < 1.29 is 28.6 Å². The van der Waals surface area contributed by atoms with E-state index in [1.807, 2.05) is 24.3 Å². The zero-order valence-electron chi connectivity index (χ0n) is 15.8. The molecule has 0 radical (unpaired) electrons. The molecular weight excluding hydrogens is 401 g/mol. The molecule has 29 heavy (non-hydrogen) atoms. The number of aryl methyl sites for hydroxylation is 1. The zero-order chi connectivity index (χ0) is 21.0. The fourth-order valence-electron chi connectivity index (χ4n) is 3.18. The molecule has 3 rings (SSSR count). The Balaban J connectivity index is 1.74. The van der Waals surface area contributed by atoms with Crippen LogP contribution in [-0.2, 0) is 20.2 Å². The first-order chi connectivity index (χ1) is 13.9. The van der Waals surface area contributed by atoms with E-state index >= 15 is 0 Å². The van der Waals surface area contributed by atoms with Crippen molar-refractivity contribution >= 4 is 14.1 Å². The first-order valence-electron chi connectivity index (χ1n) is 9.18. The number of nitrogen functional groups attached to an aromatic ring is 1. The number of aliphatic hydroxyl groups is 1. The molecular formula is C18H24N3O7P. The number of anilines is 1. The first kappa shape index (κ1) is 21.5. The Labute approximate surface area is 167 Å². The minimum Gasteiger partial charge on any atom is -0.491 e. The molecule has 10 nitrogen and oxygen atoms in total. The molecule has 0 saturated carbocycles. The van der Waals surface area contributed by atoms with Gasteiger partial charge in [0.1, 0.15) is 36.5 Å². The lowest BCUT2D eigenvalue weighted by molar-refractivity contribution is -0.0511. The molecule has 1 aromatic carbocycles. The van der Waals surface area contributed by atoms with Crippen LogP contribution in [0.5, 0.6) is 5.75 Å². The Morgan fingerprint density at radius 2 is 2.03 bits per heavy atom. The summed E-state index contributed by atoms with van der Waals surface area (Å²) in [6, 6.07) is 8.90. The van der Waals surface area contributed by atoms with Crippen molar-refractivity contribution in [3.8, 4) is 5.75 Å². The second-order valence-electron chi connectivity index (χ2n) is 6.65. The van der Waals surface area contributed by atoms with Crippen LogP contribution in [0.2, 0.25) is 0 Å². The van der Waals surface area contributed by atoms with Crippen LogP contribution in [0.25, 0.3) is 0 Å². The maximum absolute atomic E-state index is 12.1. The van der Waals surface area contributed by atoms with Gasteiger partial charge < -0.3 is 29.7 Å². The summed E-state index contributed by atoms with van der Waals surface area (Å²) in [6.45, 7) is 2.04. The van der Waals surface area contributed by atoms with Crippen LogP contribution in [0, 0.1) is 0 Å². The van der Waals surface area contributed by atoms with Gasteiger partial charge in [0.2, 0.25) is 0 Å². The smallest absolute Gasteiger partial charge is 0.351 e. The third kappa shape index (κ3) is 5.23. The van der Waals surface area contributed by atoms with E-state index in [1.54, 1.807) is 0 Å². The van der Waals surface area contributed by atoms with Gasteiger partial charge in [-0.1, -0.05) is 25.5 Å². The summed E-state index contributed by atoms with van der Waals surface area (Å²) >= 11 is 0. The van der Waals surface area contributed by atoms with Crippen molar-refractivity contribution in [3.63, 3.8) is 0 Å². The van der Waals surface area contributed by atoms with Gasteiger partial charge in [-0.3, -0.25) is 9.13 Å². The van der Waals surface area contributed by atoms with E-state index in [-0.39, 0.29) is 12.4 Å². The Hall–Kier alpha value is -2.23.